The monoisotopic (exact) mass is 376 g/mol. The number of rotatable bonds is 5. The molecular weight excluding hydrogens is 347 g/mol. The van der Waals surface area contributed by atoms with Gasteiger partial charge in [0.15, 0.2) is 0 Å². The van der Waals surface area contributed by atoms with Crippen molar-refractivity contribution < 1.29 is 18.7 Å². The van der Waals surface area contributed by atoms with Crippen LogP contribution >= 0.6 is 0 Å². The van der Waals surface area contributed by atoms with Crippen molar-refractivity contribution in [2.75, 3.05) is 19.7 Å². The van der Waals surface area contributed by atoms with Crippen LogP contribution in [0.25, 0.3) is 0 Å². The van der Waals surface area contributed by atoms with Crippen molar-refractivity contribution in [3.8, 4) is 0 Å². The van der Waals surface area contributed by atoms with Gasteiger partial charge in [0.25, 0.3) is 0 Å². The lowest BCUT2D eigenvalue weighted by Crippen LogP contribution is -2.42. The molecule has 1 aromatic rings. The third kappa shape index (κ3) is 4.99. The maximum absolute atomic E-state index is 13.5. The maximum Gasteiger partial charge on any atom is 0.317 e. The zero-order chi connectivity index (χ0) is 19.2. The average Bonchev–Trinajstić information content (AvgIpc) is 3.17. The van der Waals surface area contributed by atoms with Crippen molar-refractivity contribution in [2.24, 2.45) is 11.8 Å². The molecule has 3 rings (SSSR count). The van der Waals surface area contributed by atoms with Crippen LogP contribution in [0.5, 0.6) is 0 Å². The zero-order valence-corrected chi connectivity index (χ0v) is 16.0. The Morgan fingerprint density at radius 3 is 2.70 bits per heavy atom. The van der Waals surface area contributed by atoms with Crippen LogP contribution < -0.4 is 5.32 Å². The molecule has 148 valence electrons. The first kappa shape index (κ1) is 19.6. The molecule has 0 unspecified atom stereocenters. The highest BCUT2D eigenvalue weighted by Gasteiger charge is 2.31. The van der Waals surface area contributed by atoms with Gasteiger partial charge < -0.3 is 15.0 Å². The summed E-state index contributed by atoms with van der Waals surface area (Å²) in [5.41, 5.74) is 0.859. The Hall–Kier alpha value is -2.11. The molecule has 0 bridgehead atoms. The van der Waals surface area contributed by atoms with Crippen molar-refractivity contribution >= 4 is 12.0 Å². The van der Waals surface area contributed by atoms with E-state index < -0.39 is 0 Å². The van der Waals surface area contributed by atoms with Crippen molar-refractivity contribution in [3.05, 3.63) is 35.6 Å². The van der Waals surface area contributed by atoms with Crippen molar-refractivity contribution in [3.63, 3.8) is 0 Å². The number of ether oxygens (including phenoxy) is 1. The van der Waals surface area contributed by atoms with E-state index in [2.05, 4.69) is 5.32 Å². The molecule has 1 aliphatic heterocycles. The van der Waals surface area contributed by atoms with Crippen LogP contribution in [0.1, 0.15) is 57.1 Å². The molecule has 1 N–H and O–H groups in total. The zero-order valence-electron chi connectivity index (χ0n) is 16.0. The predicted molar refractivity (Wildman–Crippen MR) is 101 cm³/mol. The second kappa shape index (κ2) is 9.20. The standard InChI is InChI=1S/C21H29FN2O3/c1-2-27-20(25)16-10-8-15(9-11-16)14-23-21(26)24-12-4-7-19(24)17-5-3-6-18(22)13-17/h3,5-6,13,15-16,19H,2,4,7-12,14H2,1H3,(H,23,26)/t15?,16?,19-/m0/s1. The van der Waals surface area contributed by atoms with Crippen LogP contribution in [0.4, 0.5) is 9.18 Å². The lowest BCUT2D eigenvalue weighted by molar-refractivity contribution is -0.149. The number of hydrogen-bond acceptors (Lipinski definition) is 3. The summed E-state index contributed by atoms with van der Waals surface area (Å²) in [4.78, 5) is 26.3. The Balaban J connectivity index is 1.47. The lowest BCUT2D eigenvalue weighted by atomic mass is 9.82. The quantitative estimate of drug-likeness (QED) is 0.789. The van der Waals surface area contributed by atoms with E-state index in [1.165, 1.54) is 12.1 Å². The summed E-state index contributed by atoms with van der Waals surface area (Å²) < 4.78 is 18.6. The number of likely N-dealkylation sites (tertiary alicyclic amines) is 1. The number of urea groups is 1. The van der Waals surface area contributed by atoms with Gasteiger partial charge in [-0.15, -0.1) is 0 Å². The van der Waals surface area contributed by atoms with E-state index in [1.807, 2.05) is 17.9 Å². The first-order valence-corrected chi connectivity index (χ1v) is 10.0. The van der Waals surface area contributed by atoms with E-state index >= 15 is 0 Å². The van der Waals surface area contributed by atoms with Crippen LogP contribution in [-0.2, 0) is 9.53 Å². The number of amides is 2. The Bertz CT molecular complexity index is 659. The van der Waals surface area contributed by atoms with Gasteiger partial charge in [-0.05, 0) is 69.1 Å². The predicted octanol–water partition coefficient (Wildman–Crippen LogP) is 4.04. The summed E-state index contributed by atoms with van der Waals surface area (Å²) in [7, 11) is 0. The van der Waals surface area contributed by atoms with Crippen LogP contribution in [0.3, 0.4) is 0 Å². The van der Waals surface area contributed by atoms with E-state index in [9.17, 15) is 14.0 Å². The minimum absolute atomic E-state index is 0.00726. The van der Waals surface area contributed by atoms with Crippen LogP contribution in [-0.4, -0.2) is 36.6 Å². The minimum Gasteiger partial charge on any atom is -0.466 e. The Morgan fingerprint density at radius 1 is 1.22 bits per heavy atom. The van der Waals surface area contributed by atoms with Gasteiger partial charge in [-0.25, -0.2) is 9.18 Å². The number of nitrogens with zero attached hydrogens (tertiary/aromatic N) is 1. The van der Waals surface area contributed by atoms with Crippen LogP contribution in [0.2, 0.25) is 0 Å². The molecule has 1 saturated heterocycles. The summed E-state index contributed by atoms with van der Waals surface area (Å²) >= 11 is 0. The summed E-state index contributed by atoms with van der Waals surface area (Å²) in [5, 5.41) is 3.05. The highest BCUT2D eigenvalue weighted by atomic mass is 19.1. The largest absolute Gasteiger partial charge is 0.466 e. The van der Waals surface area contributed by atoms with Crippen molar-refractivity contribution in [1.82, 2.24) is 10.2 Å². The summed E-state index contributed by atoms with van der Waals surface area (Å²) in [6.45, 7) is 3.58. The highest BCUT2D eigenvalue weighted by Crippen LogP contribution is 2.33. The molecule has 1 atom stereocenters. The van der Waals surface area contributed by atoms with E-state index in [0.29, 0.717) is 25.6 Å². The number of benzene rings is 1. The number of hydrogen-bond donors (Lipinski definition) is 1. The van der Waals surface area contributed by atoms with Gasteiger partial charge in [0.1, 0.15) is 5.82 Å². The third-order valence-electron chi connectivity index (χ3n) is 5.76. The molecule has 27 heavy (non-hydrogen) atoms. The number of esters is 1. The fraction of sp³-hybridized carbons (Fsp3) is 0.619. The topological polar surface area (TPSA) is 58.6 Å². The molecule has 2 aliphatic rings. The fourth-order valence-electron chi connectivity index (χ4n) is 4.27. The van der Waals surface area contributed by atoms with E-state index in [4.69, 9.17) is 4.74 Å². The first-order valence-electron chi connectivity index (χ1n) is 10.0. The fourth-order valence-corrected chi connectivity index (χ4v) is 4.27. The van der Waals surface area contributed by atoms with Crippen molar-refractivity contribution in [2.45, 2.75) is 51.5 Å². The summed E-state index contributed by atoms with van der Waals surface area (Å²) in [6, 6.07) is 6.40. The maximum atomic E-state index is 13.5. The number of carbonyl (C=O) groups is 2. The highest BCUT2D eigenvalue weighted by molar-refractivity contribution is 5.75. The van der Waals surface area contributed by atoms with Gasteiger partial charge in [0, 0.05) is 13.1 Å². The second-order valence-corrected chi connectivity index (χ2v) is 7.56. The summed E-state index contributed by atoms with van der Waals surface area (Å²) in [5.74, 6) is 0.0517. The molecule has 0 radical (unpaired) electrons. The van der Waals surface area contributed by atoms with Gasteiger partial charge in [0.05, 0.1) is 18.6 Å². The molecule has 0 spiro atoms. The molecular formula is C21H29FN2O3. The Kier molecular flexibility index (Phi) is 6.69. The molecule has 1 aromatic carbocycles. The molecule has 1 heterocycles. The number of carbonyl (C=O) groups excluding carboxylic acids is 2. The normalized spacial score (nSPS) is 25.3. The smallest absolute Gasteiger partial charge is 0.317 e. The van der Waals surface area contributed by atoms with Gasteiger partial charge in [-0.3, -0.25) is 4.79 Å². The van der Waals surface area contributed by atoms with Crippen LogP contribution in [0, 0.1) is 17.7 Å². The molecule has 2 amide bonds. The molecule has 6 heteroatoms. The number of nitrogens with one attached hydrogen (secondary N) is 1. The van der Waals surface area contributed by atoms with E-state index in [0.717, 1.165) is 44.1 Å². The second-order valence-electron chi connectivity index (χ2n) is 7.56. The van der Waals surface area contributed by atoms with E-state index in [1.54, 1.807) is 6.07 Å². The lowest BCUT2D eigenvalue weighted by Gasteiger charge is -2.29. The Labute approximate surface area is 160 Å². The van der Waals surface area contributed by atoms with E-state index in [-0.39, 0.29) is 29.8 Å². The molecule has 2 fully saturated rings. The average molecular weight is 376 g/mol. The summed E-state index contributed by atoms with van der Waals surface area (Å²) in [6.07, 6.45) is 5.30. The van der Waals surface area contributed by atoms with Gasteiger partial charge in [0.2, 0.25) is 0 Å². The molecule has 1 saturated carbocycles. The first-order chi connectivity index (χ1) is 13.1. The van der Waals surface area contributed by atoms with Gasteiger partial charge in [-0.1, -0.05) is 12.1 Å². The molecule has 0 aromatic heterocycles. The molecule has 5 nitrogen and oxygen atoms in total. The van der Waals surface area contributed by atoms with Crippen LogP contribution in [0.15, 0.2) is 24.3 Å². The third-order valence-corrected chi connectivity index (χ3v) is 5.76. The van der Waals surface area contributed by atoms with Gasteiger partial charge in [-0.2, -0.15) is 0 Å². The van der Waals surface area contributed by atoms with Gasteiger partial charge >= 0.3 is 12.0 Å². The minimum atomic E-state index is -0.266. The van der Waals surface area contributed by atoms with Crippen molar-refractivity contribution in [1.29, 1.82) is 0 Å². The number of halogens is 1. The Morgan fingerprint density at radius 2 is 2.00 bits per heavy atom. The SMILES string of the molecule is CCOC(=O)C1CCC(CNC(=O)N2CCC[C@H]2c2cccc(F)c2)CC1. The molecule has 1 aliphatic carbocycles.